The smallest absolute Gasteiger partial charge is 0.255 e. The number of nitrogens with zero attached hydrogens (tertiary/aromatic N) is 6. The molecule has 0 fully saturated rings. The first-order chi connectivity index (χ1) is 33.9. The number of hydrogen-bond acceptors (Lipinski definition) is 16. The fourth-order valence-corrected chi connectivity index (χ4v) is 8.25. The van der Waals surface area contributed by atoms with E-state index in [1.807, 2.05) is 50.2 Å². The number of anilines is 6. The van der Waals surface area contributed by atoms with Crippen LogP contribution < -0.4 is 26.0 Å². The van der Waals surface area contributed by atoms with E-state index in [-0.39, 0.29) is 38.0 Å². The average molecular weight is 1020 g/mol. The maximum Gasteiger partial charge on any atom is 0.255 e. The minimum Gasteiger partial charge on any atom is -0.507 e. The molecule has 0 unspecified atom stereocenters. The van der Waals surface area contributed by atoms with Crippen LogP contribution in [0.5, 0.6) is 11.5 Å². The van der Waals surface area contributed by atoms with Gasteiger partial charge in [-0.15, -0.1) is 0 Å². The quantitative estimate of drug-likeness (QED) is 0.0643. The third-order valence-corrected chi connectivity index (χ3v) is 12.6. The summed E-state index contributed by atoms with van der Waals surface area (Å²) in [6, 6.07) is 29.2. The average Bonchev–Trinajstić information content (AvgIpc) is 3.35. The van der Waals surface area contributed by atoms with Crippen molar-refractivity contribution in [1.82, 2.24) is 29.9 Å². The lowest BCUT2D eigenvalue weighted by Gasteiger charge is -2.13. The molecular formula is C50H46F2N10O8S2. The Morgan fingerprint density at radius 2 is 1.08 bits per heavy atom. The van der Waals surface area contributed by atoms with Crippen molar-refractivity contribution in [2.24, 2.45) is 0 Å². The van der Waals surface area contributed by atoms with E-state index < -0.39 is 43.9 Å². The topological polar surface area (TPSA) is 257 Å². The van der Waals surface area contributed by atoms with Crippen molar-refractivity contribution in [3.8, 4) is 34.0 Å². The fraction of sp³-hybridized carbons (Fsp3) is 0.120. The molecule has 0 radical (unpaired) electrons. The van der Waals surface area contributed by atoms with Crippen LogP contribution in [0.15, 0.2) is 156 Å². The molecule has 0 aliphatic heterocycles. The van der Waals surface area contributed by atoms with E-state index in [9.17, 15) is 35.9 Å². The van der Waals surface area contributed by atoms with Crippen LogP contribution in [0.2, 0.25) is 0 Å². The summed E-state index contributed by atoms with van der Waals surface area (Å²) >= 11 is 0. The summed E-state index contributed by atoms with van der Waals surface area (Å²) in [4.78, 5) is 51.1. The number of aryl methyl sites for hydroxylation is 2. The third-order valence-electron chi connectivity index (χ3n) is 10.3. The summed E-state index contributed by atoms with van der Waals surface area (Å²) < 4.78 is 65.2. The molecule has 370 valence electrons. The fourth-order valence-electron chi connectivity index (χ4n) is 6.69. The van der Waals surface area contributed by atoms with Gasteiger partial charge in [0, 0.05) is 94.7 Å². The number of phenolic OH excluding ortho intramolecular Hbond substituents is 1. The molecule has 0 saturated carbocycles. The van der Waals surface area contributed by atoms with E-state index in [1.165, 1.54) is 30.3 Å². The molecule has 4 aromatic carbocycles. The second-order valence-electron chi connectivity index (χ2n) is 15.7. The van der Waals surface area contributed by atoms with Crippen molar-refractivity contribution in [2.45, 2.75) is 23.6 Å². The second-order valence-corrected chi connectivity index (χ2v) is 19.6. The van der Waals surface area contributed by atoms with Crippen molar-refractivity contribution in [1.29, 1.82) is 0 Å². The van der Waals surface area contributed by atoms with Crippen LogP contribution in [-0.2, 0) is 19.7 Å². The van der Waals surface area contributed by atoms with E-state index in [1.54, 1.807) is 73.6 Å². The number of phenols is 1. The number of halogens is 2. The molecule has 2 amide bonds. The third kappa shape index (κ3) is 13.7. The van der Waals surface area contributed by atoms with Gasteiger partial charge in [-0.05, 0) is 122 Å². The second kappa shape index (κ2) is 23.2. The van der Waals surface area contributed by atoms with Crippen molar-refractivity contribution in [3.05, 3.63) is 169 Å². The Hall–Kier alpha value is -8.76. The molecule has 8 aromatic rings. The number of aromatic nitrogens is 6. The van der Waals surface area contributed by atoms with Gasteiger partial charge in [0.1, 0.15) is 34.6 Å². The molecule has 72 heavy (non-hydrogen) atoms. The number of benzene rings is 4. The SMILES string of the molecule is Cc1ccc(NC(=O)c2ccc(S(C)(=O)=O)c(O)c2)cc1Nc1nccc(-c2cccnc2)n1.Cc1ccc(NC(=O)c2ccc(S(C)(=O)=O)c(OCCF)c2)cc1Nc1nccc(-c2cccnc2)n1.F. The zero-order chi connectivity index (χ0) is 50.7. The van der Waals surface area contributed by atoms with Gasteiger partial charge in [0.15, 0.2) is 19.7 Å². The van der Waals surface area contributed by atoms with Gasteiger partial charge in [-0.3, -0.25) is 24.3 Å². The largest absolute Gasteiger partial charge is 0.507 e. The number of alkyl halides is 1. The maximum absolute atomic E-state index is 12.9. The van der Waals surface area contributed by atoms with Gasteiger partial charge in [-0.2, -0.15) is 0 Å². The van der Waals surface area contributed by atoms with Gasteiger partial charge < -0.3 is 31.1 Å². The summed E-state index contributed by atoms with van der Waals surface area (Å²) in [7, 11) is -7.23. The molecule has 4 heterocycles. The van der Waals surface area contributed by atoms with Gasteiger partial charge in [0.25, 0.3) is 11.8 Å². The van der Waals surface area contributed by atoms with E-state index in [2.05, 4.69) is 51.2 Å². The van der Waals surface area contributed by atoms with Crippen LogP contribution in [-0.4, -0.2) is 89.5 Å². The molecule has 0 spiro atoms. The number of carbonyl (C=O) groups excluding carboxylic acids is 2. The van der Waals surface area contributed by atoms with Crippen molar-refractivity contribution in [2.75, 3.05) is 47.1 Å². The molecular weight excluding hydrogens is 971 g/mol. The lowest BCUT2D eigenvalue weighted by Crippen LogP contribution is -2.14. The number of hydrogen-bond donors (Lipinski definition) is 5. The Balaban J connectivity index is 0.000000233. The molecule has 0 bridgehead atoms. The van der Waals surface area contributed by atoms with E-state index >= 15 is 0 Å². The Morgan fingerprint density at radius 1 is 0.611 bits per heavy atom. The predicted octanol–water partition coefficient (Wildman–Crippen LogP) is 8.70. The lowest BCUT2D eigenvalue weighted by atomic mass is 10.1. The van der Waals surface area contributed by atoms with E-state index in [4.69, 9.17) is 4.74 Å². The zero-order valence-corrected chi connectivity index (χ0v) is 40.5. The van der Waals surface area contributed by atoms with Crippen LogP contribution >= 0.6 is 0 Å². The Bertz CT molecular complexity index is 3470. The van der Waals surface area contributed by atoms with Crippen LogP contribution in [0.1, 0.15) is 31.8 Å². The van der Waals surface area contributed by atoms with Crippen LogP contribution in [0.4, 0.5) is 43.7 Å². The minimum absolute atomic E-state index is 0. The van der Waals surface area contributed by atoms with Crippen LogP contribution in [0.3, 0.4) is 0 Å². The number of pyridine rings is 2. The first-order valence-electron chi connectivity index (χ1n) is 21.4. The minimum atomic E-state index is -3.63. The maximum atomic E-state index is 12.9. The van der Waals surface area contributed by atoms with Gasteiger partial charge >= 0.3 is 0 Å². The number of carbonyl (C=O) groups is 2. The van der Waals surface area contributed by atoms with Crippen molar-refractivity contribution >= 4 is 66.1 Å². The number of rotatable bonds is 15. The van der Waals surface area contributed by atoms with Gasteiger partial charge in [-0.1, -0.05) is 12.1 Å². The Labute approximate surface area is 413 Å². The number of nitrogens with one attached hydrogen (secondary N) is 4. The highest BCUT2D eigenvalue weighted by atomic mass is 32.2. The monoisotopic (exact) mass is 1020 g/mol. The molecule has 8 rings (SSSR count). The number of ether oxygens (including phenoxy) is 1. The van der Waals surface area contributed by atoms with Crippen LogP contribution in [0.25, 0.3) is 22.5 Å². The van der Waals surface area contributed by atoms with Crippen molar-refractivity contribution in [3.63, 3.8) is 0 Å². The molecule has 0 saturated heterocycles. The highest BCUT2D eigenvalue weighted by Crippen LogP contribution is 2.30. The van der Waals surface area contributed by atoms with Gasteiger partial charge in [-0.25, -0.2) is 41.2 Å². The molecule has 18 nitrogen and oxygen atoms in total. The molecule has 0 aliphatic rings. The Morgan fingerprint density at radius 3 is 1.51 bits per heavy atom. The van der Waals surface area contributed by atoms with E-state index in [0.717, 1.165) is 40.8 Å². The van der Waals surface area contributed by atoms with Crippen LogP contribution in [0, 0.1) is 13.8 Å². The molecule has 5 N–H and O–H groups in total. The number of amides is 2. The summed E-state index contributed by atoms with van der Waals surface area (Å²) in [5, 5.41) is 21.9. The summed E-state index contributed by atoms with van der Waals surface area (Å²) in [6.45, 7) is 2.68. The molecule has 0 atom stereocenters. The Kier molecular flexibility index (Phi) is 17.0. The first-order valence-corrected chi connectivity index (χ1v) is 25.1. The standard InChI is InChI=1S/C26H24FN5O4S.C24H21N5O4S.FH/c1-17-5-7-20(15-22(17)32-26-29-12-9-21(31-26)19-4-3-11-28-16-19)30-25(33)18-6-8-24(37(2,34)35)23(14-18)36-13-10-27;1-15-5-7-18(27-23(31)16-6-8-22(21(30)12-16)34(2,32)33)13-20(15)29-24-26-11-9-19(28-24)17-4-3-10-25-14-17;/h3-9,11-12,14-16H,10,13H2,1-2H3,(H,30,33)(H,29,31,32);3-14,30H,1-2H3,(H,27,31)(H,26,28,29);1H. The highest BCUT2D eigenvalue weighted by molar-refractivity contribution is 7.91. The molecule has 4 aromatic heterocycles. The highest BCUT2D eigenvalue weighted by Gasteiger charge is 2.19. The zero-order valence-electron chi connectivity index (χ0n) is 38.9. The number of sulfone groups is 2. The predicted molar refractivity (Wildman–Crippen MR) is 270 cm³/mol. The van der Waals surface area contributed by atoms with Gasteiger partial charge in [0.05, 0.1) is 11.4 Å². The van der Waals surface area contributed by atoms with E-state index in [0.29, 0.717) is 46.0 Å². The lowest BCUT2D eigenvalue weighted by molar-refractivity contribution is 0.101. The summed E-state index contributed by atoms with van der Waals surface area (Å²) in [5.74, 6) is -0.792. The summed E-state index contributed by atoms with van der Waals surface area (Å²) in [6.07, 6.45) is 12.1. The first kappa shape index (κ1) is 52.6. The normalized spacial score (nSPS) is 11.0. The number of aromatic hydroxyl groups is 1. The molecule has 22 heteroatoms. The molecule has 0 aliphatic carbocycles. The van der Waals surface area contributed by atoms with Crippen molar-refractivity contribution < 1.29 is 45.4 Å². The summed E-state index contributed by atoms with van der Waals surface area (Å²) in [5.41, 5.74) is 7.55. The van der Waals surface area contributed by atoms with Gasteiger partial charge in [0.2, 0.25) is 11.9 Å².